The molecule has 4 aromatic heterocycles. The van der Waals surface area contributed by atoms with Crippen molar-refractivity contribution in [1.29, 1.82) is 0 Å². The predicted octanol–water partition coefficient (Wildman–Crippen LogP) is 4.43. The summed E-state index contributed by atoms with van der Waals surface area (Å²) in [6, 6.07) is 12.3. The molecule has 39 heavy (non-hydrogen) atoms. The van der Waals surface area contributed by atoms with Gasteiger partial charge >= 0.3 is 6.18 Å². The minimum absolute atomic E-state index is 0.0480. The fourth-order valence-electron chi connectivity index (χ4n) is 4.30. The van der Waals surface area contributed by atoms with Gasteiger partial charge in [0.2, 0.25) is 5.88 Å². The van der Waals surface area contributed by atoms with E-state index in [1.165, 1.54) is 28.6 Å². The molecule has 0 spiro atoms. The molecule has 0 saturated heterocycles. The van der Waals surface area contributed by atoms with E-state index in [0.717, 1.165) is 11.6 Å². The Balaban J connectivity index is 1.66. The smallest absolute Gasteiger partial charge is 0.433 e. The number of rotatable bonds is 6. The van der Waals surface area contributed by atoms with Gasteiger partial charge in [0.15, 0.2) is 5.82 Å². The van der Waals surface area contributed by atoms with Gasteiger partial charge in [0, 0.05) is 12.3 Å². The zero-order valence-corrected chi connectivity index (χ0v) is 21.1. The summed E-state index contributed by atoms with van der Waals surface area (Å²) in [4.78, 5) is 25.4. The summed E-state index contributed by atoms with van der Waals surface area (Å²) in [5, 5.41) is 7.85. The molecule has 0 unspecified atom stereocenters. The Hall–Kier alpha value is -4.94. The second-order valence-corrected chi connectivity index (χ2v) is 8.76. The number of nitrogens with zero attached hydrogens (tertiary/aromatic N) is 6. The van der Waals surface area contributed by atoms with Gasteiger partial charge in [-0.15, -0.1) is 0 Å². The number of benzene rings is 1. The van der Waals surface area contributed by atoms with Gasteiger partial charge in [0.1, 0.15) is 29.2 Å². The van der Waals surface area contributed by atoms with Crippen LogP contribution in [0.5, 0.6) is 5.88 Å². The van der Waals surface area contributed by atoms with E-state index in [2.05, 4.69) is 20.3 Å². The van der Waals surface area contributed by atoms with Crippen LogP contribution in [0.25, 0.3) is 22.3 Å². The quantitative estimate of drug-likeness (QED) is 0.327. The predicted molar refractivity (Wildman–Crippen MR) is 139 cm³/mol. The van der Waals surface area contributed by atoms with Gasteiger partial charge in [-0.05, 0) is 49.2 Å². The van der Waals surface area contributed by atoms with E-state index in [-0.39, 0.29) is 34.2 Å². The van der Waals surface area contributed by atoms with Crippen molar-refractivity contribution in [3.63, 3.8) is 0 Å². The second kappa shape index (κ2) is 9.74. The van der Waals surface area contributed by atoms with Crippen LogP contribution in [0.1, 0.15) is 30.0 Å². The van der Waals surface area contributed by atoms with Crippen molar-refractivity contribution in [2.75, 3.05) is 18.2 Å². The van der Waals surface area contributed by atoms with Crippen molar-refractivity contribution in [1.82, 2.24) is 29.1 Å². The standard InChI is InChI=1S/C26H23F3N8O2/c1-14-9-10-36-21(14)25(38)37(17-7-5-4-6-8-17)24(35-36)15(2)33-23-20(22(30)31-13-32-23)16-11-18(26(27,28)29)34-19(12-16)39-3/h4-13,15H,1-3H3,(H3,30,31,32,33)/t15-/m0/s1. The molecule has 10 nitrogen and oxygen atoms in total. The first-order valence-electron chi connectivity index (χ1n) is 11.8. The van der Waals surface area contributed by atoms with Gasteiger partial charge in [-0.2, -0.15) is 18.3 Å². The van der Waals surface area contributed by atoms with Gasteiger partial charge in [0.05, 0.1) is 24.4 Å². The van der Waals surface area contributed by atoms with Crippen LogP contribution in [0.2, 0.25) is 0 Å². The number of para-hydroxylation sites is 1. The van der Waals surface area contributed by atoms with Crippen molar-refractivity contribution in [2.24, 2.45) is 0 Å². The SMILES string of the molecule is COc1cc(-c2c(N)ncnc2N[C@@H](C)c2nn3ccc(C)c3c(=O)n2-c2ccccc2)cc(C(F)(F)F)n1. The number of anilines is 2. The van der Waals surface area contributed by atoms with Crippen molar-refractivity contribution < 1.29 is 17.9 Å². The Kier molecular flexibility index (Phi) is 6.42. The average Bonchev–Trinajstić information content (AvgIpc) is 3.29. The van der Waals surface area contributed by atoms with Crippen molar-refractivity contribution in [3.05, 3.63) is 88.5 Å². The number of nitrogens with one attached hydrogen (secondary N) is 1. The molecule has 0 radical (unpaired) electrons. The number of hydrogen-bond acceptors (Lipinski definition) is 8. The van der Waals surface area contributed by atoms with E-state index in [1.807, 2.05) is 13.0 Å². The van der Waals surface area contributed by atoms with E-state index < -0.39 is 17.9 Å². The highest BCUT2D eigenvalue weighted by Gasteiger charge is 2.34. The van der Waals surface area contributed by atoms with E-state index in [0.29, 0.717) is 17.0 Å². The normalized spacial score (nSPS) is 12.5. The first-order valence-corrected chi connectivity index (χ1v) is 11.8. The summed E-state index contributed by atoms with van der Waals surface area (Å²) < 4.78 is 48.7. The minimum atomic E-state index is -4.73. The van der Waals surface area contributed by atoms with E-state index in [9.17, 15) is 18.0 Å². The third kappa shape index (κ3) is 4.74. The maximum absolute atomic E-state index is 13.6. The molecule has 0 bridgehead atoms. The summed E-state index contributed by atoms with van der Waals surface area (Å²) in [6.07, 6.45) is -1.85. The van der Waals surface area contributed by atoms with Crippen LogP contribution in [0, 0.1) is 6.92 Å². The molecule has 0 amide bonds. The van der Waals surface area contributed by atoms with Crippen molar-refractivity contribution >= 4 is 17.2 Å². The summed E-state index contributed by atoms with van der Waals surface area (Å²) in [7, 11) is 1.21. The highest BCUT2D eigenvalue weighted by molar-refractivity contribution is 5.84. The summed E-state index contributed by atoms with van der Waals surface area (Å²) >= 11 is 0. The molecule has 0 aliphatic rings. The van der Waals surface area contributed by atoms with Gasteiger partial charge in [0.25, 0.3) is 5.56 Å². The van der Waals surface area contributed by atoms with Crippen LogP contribution in [0.3, 0.4) is 0 Å². The number of aryl methyl sites for hydroxylation is 1. The first-order chi connectivity index (χ1) is 18.6. The number of nitrogens with two attached hydrogens (primary N) is 1. The molecule has 0 fully saturated rings. The molecule has 3 N–H and O–H groups in total. The number of nitrogen functional groups attached to an aromatic ring is 1. The molecule has 4 heterocycles. The molecule has 0 saturated carbocycles. The van der Waals surface area contributed by atoms with Gasteiger partial charge in [-0.3, -0.25) is 9.36 Å². The van der Waals surface area contributed by atoms with E-state index in [4.69, 9.17) is 15.6 Å². The first kappa shape index (κ1) is 25.7. The molecule has 1 aromatic carbocycles. The molecule has 13 heteroatoms. The highest BCUT2D eigenvalue weighted by atomic mass is 19.4. The Morgan fingerprint density at radius 3 is 2.54 bits per heavy atom. The summed E-state index contributed by atoms with van der Waals surface area (Å²) in [6.45, 7) is 3.57. The lowest BCUT2D eigenvalue weighted by Gasteiger charge is -2.21. The Bertz CT molecular complexity index is 1730. The third-order valence-electron chi connectivity index (χ3n) is 6.13. The van der Waals surface area contributed by atoms with Crippen LogP contribution in [-0.4, -0.2) is 36.2 Å². The average molecular weight is 537 g/mol. The number of hydrogen-bond donors (Lipinski definition) is 2. The minimum Gasteiger partial charge on any atom is -0.481 e. The molecule has 200 valence electrons. The van der Waals surface area contributed by atoms with E-state index >= 15 is 0 Å². The zero-order chi connectivity index (χ0) is 27.9. The third-order valence-corrected chi connectivity index (χ3v) is 6.13. The van der Waals surface area contributed by atoms with Crippen LogP contribution in [0.4, 0.5) is 24.8 Å². The van der Waals surface area contributed by atoms with Crippen LogP contribution in [0.15, 0.2) is 65.8 Å². The Morgan fingerprint density at radius 1 is 1.10 bits per heavy atom. The molecule has 5 rings (SSSR count). The van der Waals surface area contributed by atoms with Crippen LogP contribution in [-0.2, 0) is 6.18 Å². The monoisotopic (exact) mass is 536 g/mol. The number of methoxy groups -OCH3 is 1. The highest BCUT2D eigenvalue weighted by Crippen LogP contribution is 2.38. The summed E-state index contributed by atoms with van der Waals surface area (Å²) in [5.74, 6) is 0.149. The van der Waals surface area contributed by atoms with E-state index in [1.54, 1.807) is 43.5 Å². The molecule has 0 aliphatic heterocycles. The fraction of sp³-hybridized carbons (Fsp3) is 0.192. The second-order valence-electron chi connectivity index (χ2n) is 8.76. The van der Waals surface area contributed by atoms with Gasteiger partial charge < -0.3 is 15.8 Å². The van der Waals surface area contributed by atoms with Crippen LogP contribution < -0.4 is 21.3 Å². The fourth-order valence-corrected chi connectivity index (χ4v) is 4.30. The summed E-state index contributed by atoms with van der Waals surface area (Å²) in [5.41, 5.74) is 6.64. The number of ether oxygens (including phenoxy) is 1. The molecule has 5 aromatic rings. The number of alkyl halides is 3. The lowest BCUT2D eigenvalue weighted by atomic mass is 10.1. The zero-order valence-electron chi connectivity index (χ0n) is 21.1. The Morgan fingerprint density at radius 2 is 1.85 bits per heavy atom. The topological polar surface area (TPSA) is 125 Å². The van der Waals surface area contributed by atoms with Gasteiger partial charge in [-0.25, -0.2) is 19.5 Å². The van der Waals surface area contributed by atoms with Crippen molar-refractivity contribution in [3.8, 4) is 22.7 Å². The van der Waals surface area contributed by atoms with Gasteiger partial charge in [-0.1, -0.05) is 18.2 Å². The number of aromatic nitrogens is 6. The molecule has 0 aliphatic carbocycles. The lowest BCUT2D eigenvalue weighted by Crippen LogP contribution is -2.29. The number of fused-ring (bicyclic) bond motifs is 1. The number of pyridine rings is 1. The maximum atomic E-state index is 13.6. The molecular weight excluding hydrogens is 513 g/mol. The van der Waals surface area contributed by atoms with Crippen molar-refractivity contribution in [2.45, 2.75) is 26.1 Å². The molecule has 1 atom stereocenters. The maximum Gasteiger partial charge on any atom is 0.433 e. The lowest BCUT2D eigenvalue weighted by molar-refractivity contribution is -0.141. The molecular formula is C26H23F3N8O2. The Labute approximate surface area is 219 Å². The largest absolute Gasteiger partial charge is 0.481 e. The van der Waals surface area contributed by atoms with Crippen LogP contribution >= 0.6 is 0 Å². The number of halogens is 3.